The molecule has 2 aromatic rings. The van der Waals surface area contributed by atoms with Crippen LogP contribution in [0.4, 0.5) is 10.5 Å². The van der Waals surface area contributed by atoms with Crippen LogP contribution in [-0.2, 0) is 15.5 Å². The smallest absolute Gasteiger partial charge is 0.410 e. The summed E-state index contributed by atoms with van der Waals surface area (Å²) in [4.78, 5) is 33.1. The first-order valence-electron chi connectivity index (χ1n) is 9.43. The Morgan fingerprint density at radius 2 is 2.10 bits per heavy atom. The lowest BCUT2D eigenvalue weighted by atomic mass is 10.0. The van der Waals surface area contributed by atoms with E-state index in [4.69, 9.17) is 4.74 Å². The summed E-state index contributed by atoms with van der Waals surface area (Å²) in [5, 5.41) is 11.2. The number of hydrogen-bond donors (Lipinski definition) is 0. The van der Waals surface area contributed by atoms with Crippen molar-refractivity contribution < 1.29 is 18.7 Å². The van der Waals surface area contributed by atoms with E-state index in [9.17, 15) is 19.1 Å². The normalized spacial score (nSPS) is 18.4. The fraction of sp³-hybridized carbons (Fsp3) is 0.526. The standard InChI is InChI=1S/C19H24N4O5S/c1-19(2,3)28-18(24)22-9-5-4-6-14(22)12-29(27)17-11-20-16-10-13(23(25)26)7-8-15(16)21-17/h7-8,10-11,14H,4-6,9,12H2,1-3H3/t14-,29-/m1/s1. The Labute approximate surface area is 171 Å². The van der Waals surface area contributed by atoms with Crippen molar-refractivity contribution in [2.75, 3.05) is 12.3 Å². The number of carbonyl (C=O) groups excluding carboxylic acids is 1. The van der Waals surface area contributed by atoms with Gasteiger partial charge in [-0.25, -0.2) is 9.78 Å². The van der Waals surface area contributed by atoms with Crippen LogP contribution in [-0.4, -0.2) is 54.0 Å². The highest BCUT2D eigenvalue weighted by Crippen LogP contribution is 2.23. The van der Waals surface area contributed by atoms with Crippen molar-refractivity contribution in [1.82, 2.24) is 14.9 Å². The second kappa shape index (κ2) is 8.40. The average Bonchev–Trinajstić information content (AvgIpc) is 2.66. The lowest BCUT2D eigenvalue weighted by molar-refractivity contribution is -0.384. The van der Waals surface area contributed by atoms with Crippen LogP contribution in [0.5, 0.6) is 0 Å². The van der Waals surface area contributed by atoms with Crippen LogP contribution in [0.25, 0.3) is 11.0 Å². The van der Waals surface area contributed by atoms with E-state index in [1.807, 2.05) is 20.8 Å². The van der Waals surface area contributed by atoms with Crippen molar-refractivity contribution in [1.29, 1.82) is 0 Å². The molecule has 0 spiro atoms. The largest absolute Gasteiger partial charge is 0.444 e. The zero-order chi connectivity index (χ0) is 21.2. The first-order chi connectivity index (χ1) is 13.6. The summed E-state index contributed by atoms with van der Waals surface area (Å²) in [7, 11) is -1.47. The van der Waals surface area contributed by atoms with E-state index >= 15 is 0 Å². The molecule has 2 atom stereocenters. The molecule has 10 heteroatoms. The minimum absolute atomic E-state index is 0.0733. The van der Waals surface area contributed by atoms with Gasteiger partial charge in [0.05, 0.1) is 38.7 Å². The van der Waals surface area contributed by atoms with Crippen molar-refractivity contribution in [3.8, 4) is 0 Å². The lowest BCUT2D eigenvalue weighted by Gasteiger charge is -2.36. The number of rotatable bonds is 4. The number of piperidine rings is 1. The summed E-state index contributed by atoms with van der Waals surface area (Å²) in [6, 6.07) is 3.97. The van der Waals surface area contributed by atoms with Crippen molar-refractivity contribution in [2.24, 2.45) is 0 Å². The predicted molar refractivity (Wildman–Crippen MR) is 108 cm³/mol. The monoisotopic (exact) mass is 420 g/mol. The first kappa shape index (κ1) is 21.1. The summed E-state index contributed by atoms with van der Waals surface area (Å²) >= 11 is 0. The number of ether oxygens (including phenoxy) is 1. The van der Waals surface area contributed by atoms with Gasteiger partial charge in [-0.15, -0.1) is 0 Å². The van der Waals surface area contributed by atoms with E-state index in [-0.39, 0.29) is 17.5 Å². The minimum atomic E-state index is -1.47. The number of hydrogen-bond acceptors (Lipinski definition) is 7. The molecule has 0 radical (unpaired) electrons. The van der Waals surface area contributed by atoms with E-state index in [0.29, 0.717) is 22.6 Å². The third kappa shape index (κ3) is 5.26. The average molecular weight is 420 g/mol. The molecule has 1 aromatic carbocycles. The zero-order valence-corrected chi connectivity index (χ0v) is 17.5. The number of benzene rings is 1. The Morgan fingerprint density at radius 1 is 1.34 bits per heavy atom. The molecular weight excluding hydrogens is 396 g/mol. The van der Waals surface area contributed by atoms with Gasteiger partial charge in [0.1, 0.15) is 10.6 Å². The van der Waals surface area contributed by atoms with Gasteiger partial charge in [-0.1, -0.05) is 0 Å². The summed E-state index contributed by atoms with van der Waals surface area (Å²) in [5.41, 5.74) is 0.142. The van der Waals surface area contributed by atoms with Crippen LogP contribution in [0.3, 0.4) is 0 Å². The van der Waals surface area contributed by atoms with Gasteiger partial charge in [0, 0.05) is 24.7 Å². The molecule has 9 nitrogen and oxygen atoms in total. The van der Waals surface area contributed by atoms with Crippen LogP contribution in [0, 0.1) is 10.1 Å². The van der Waals surface area contributed by atoms with Crippen LogP contribution < -0.4 is 0 Å². The highest BCUT2D eigenvalue weighted by molar-refractivity contribution is 7.85. The van der Waals surface area contributed by atoms with Crippen LogP contribution >= 0.6 is 0 Å². The summed E-state index contributed by atoms with van der Waals surface area (Å²) in [5.74, 6) is 0.242. The highest BCUT2D eigenvalue weighted by atomic mass is 32.2. The molecular formula is C19H24N4O5S. The minimum Gasteiger partial charge on any atom is -0.444 e. The fourth-order valence-electron chi connectivity index (χ4n) is 3.20. The Morgan fingerprint density at radius 3 is 2.79 bits per heavy atom. The molecule has 1 aliphatic heterocycles. The molecule has 1 aromatic heterocycles. The van der Waals surface area contributed by atoms with E-state index in [1.54, 1.807) is 4.90 Å². The second-order valence-corrected chi connectivity index (χ2v) is 9.42. The van der Waals surface area contributed by atoms with E-state index in [1.165, 1.54) is 24.4 Å². The highest BCUT2D eigenvalue weighted by Gasteiger charge is 2.32. The maximum absolute atomic E-state index is 12.9. The Kier molecular flexibility index (Phi) is 6.11. The van der Waals surface area contributed by atoms with Gasteiger partial charge in [-0.3, -0.25) is 19.3 Å². The van der Waals surface area contributed by atoms with Gasteiger partial charge in [0.15, 0.2) is 0 Å². The molecule has 0 N–H and O–H groups in total. The molecule has 0 saturated carbocycles. The number of nitro benzene ring substituents is 1. The van der Waals surface area contributed by atoms with Crippen LogP contribution in [0.1, 0.15) is 40.0 Å². The van der Waals surface area contributed by atoms with Gasteiger partial charge in [0.25, 0.3) is 5.69 Å². The summed E-state index contributed by atoms with van der Waals surface area (Å²) < 4.78 is 18.4. The molecule has 0 aliphatic carbocycles. The van der Waals surface area contributed by atoms with Crippen molar-refractivity contribution in [2.45, 2.75) is 56.7 Å². The number of nitro groups is 1. The van der Waals surface area contributed by atoms with Gasteiger partial charge in [0.2, 0.25) is 0 Å². The second-order valence-electron chi connectivity index (χ2n) is 7.97. The summed E-state index contributed by atoms with van der Waals surface area (Å²) in [6.07, 6.45) is 3.57. The lowest BCUT2D eigenvalue weighted by Crippen LogP contribution is -2.48. The maximum atomic E-state index is 12.9. The number of non-ortho nitro benzene ring substituents is 1. The quantitative estimate of drug-likeness (QED) is 0.549. The zero-order valence-electron chi connectivity index (χ0n) is 16.7. The van der Waals surface area contributed by atoms with Gasteiger partial charge >= 0.3 is 6.09 Å². The predicted octanol–water partition coefficient (Wildman–Crippen LogP) is 3.44. The van der Waals surface area contributed by atoms with Crippen molar-refractivity contribution in [3.05, 3.63) is 34.5 Å². The number of likely N-dealkylation sites (tertiary alicyclic amines) is 1. The van der Waals surface area contributed by atoms with Crippen LogP contribution in [0.2, 0.25) is 0 Å². The molecule has 1 aliphatic rings. The van der Waals surface area contributed by atoms with E-state index < -0.39 is 27.4 Å². The first-order valence-corrected chi connectivity index (χ1v) is 10.7. The molecule has 0 unspecified atom stereocenters. The topological polar surface area (TPSA) is 116 Å². The Bertz CT molecular complexity index is 959. The van der Waals surface area contributed by atoms with Crippen LogP contribution in [0.15, 0.2) is 29.4 Å². The molecule has 1 fully saturated rings. The number of aromatic nitrogens is 2. The Balaban J connectivity index is 1.76. The van der Waals surface area contributed by atoms with Gasteiger partial charge < -0.3 is 9.64 Å². The van der Waals surface area contributed by atoms with E-state index in [0.717, 1.165) is 19.3 Å². The van der Waals surface area contributed by atoms with Crippen molar-refractivity contribution in [3.63, 3.8) is 0 Å². The molecule has 3 rings (SSSR count). The molecule has 2 heterocycles. The molecule has 1 saturated heterocycles. The third-order valence-corrected chi connectivity index (χ3v) is 5.90. The number of carbonyl (C=O) groups is 1. The van der Waals surface area contributed by atoms with Gasteiger partial charge in [-0.2, -0.15) is 0 Å². The number of fused-ring (bicyclic) bond motifs is 1. The third-order valence-electron chi connectivity index (χ3n) is 4.55. The number of amides is 1. The van der Waals surface area contributed by atoms with E-state index in [2.05, 4.69) is 9.97 Å². The molecule has 0 bridgehead atoms. The molecule has 156 valence electrons. The summed E-state index contributed by atoms with van der Waals surface area (Å²) in [6.45, 7) is 6.02. The Hall–Kier alpha value is -2.62. The van der Waals surface area contributed by atoms with Crippen molar-refractivity contribution >= 4 is 33.6 Å². The maximum Gasteiger partial charge on any atom is 0.410 e. The molecule has 1 amide bonds. The SMILES string of the molecule is CC(C)(C)OC(=O)N1CCCC[C@@H]1C[S@@](=O)c1cnc2cc([N+](=O)[O-])ccc2n1. The number of nitrogens with zero attached hydrogens (tertiary/aromatic N) is 4. The fourth-order valence-corrected chi connectivity index (χ4v) is 4.44. The van der Waals surface area contributed by atoms with Gasteiger partial charge in [-0.05, 0) is 46.1 Å². The molecule has 29 heavy (non-hydrogen) atoms.